The maximum absolute atomic E-state index is 8.81. The Morgan fingerprint density at radius 1 is 1.46 bits per heavy atom. The molecule has 13 heavy (non-hydrogen) atoms. The number of allylic oxidation sites excluding steroid dienone is 3. The zero-order valence-electron chi connectivity index (χ0n) is 8.73. The van der Waals surface area contributed by atoms with E-state index in [1.165, 1.54) is 6.92 Å². The molecule has 0 fully saturated rings. The summed E-state index contributed by atoms with van der Waals surface area (Å²) in [7, 11) is 0. The highest BCUT2D eigenvalue weighted by Crippen LogP contribution is 2.08. The molecule has 76 valence electrons. The lowest BCUT2D eigenvalue weighted by atomic mass is 10.0. The first-order valence-electron chi connectivity index (χ1n) is 4.69. The Hall–Kier alpha value is -0.890. The fourth-order valence-electron chi connectivity index (χ4n) is 0.767. The van der Waals surface area contributed by atoms with Gasteiger partial charge in [-0.1, -0.05) is 38.2 Å². The largest absolute Gasteiger partial charge is 0.396 e. The van der Waals surface area contributed by atoms with Crippen molar-refractivity contribution in [3.63, 3.8) is 0 Å². The average molecular weight is 184 g/mol. The second-order valence-electron chi connectivity index (χ2n) is 2.23. The molecule has 2 heteroatoms. The highest BCUT2D eigenvalue weighted by Gasteiger charge is 2.00. The molecule has 1 aliphatic rings. The van der Waals surface area contributed by atoms with Crippen LogP contribution >= 0.6 is 0 Å². The van der Waals surface area contributed by atoms with Gasteiger partial charge in [0.15, 0.2) is 0 Å². The van der Waals surface area contributed by atoms with E-state index < -0.39 is 0 Å². The molecule has 1 rings (SSSR count). The van der Waals surface area contributed by atoms with E-state index in [4.69, 9.17) is 9.90 Å². The third-order valence-electron chi connectivity index (χ3n) is 1.30. The first-order chi connectivity index (χ1) is 6.35. The number of hydrogen-bond donors (Lipinski definition) is 1. The molecular weight excluding hydrogens is 164 g/mol. The van der Waals surface area contributed by atoms with Crippen molar-refractivity contribution in [3.05, 3.63) is 24.3 Å². The lowest BCUT2D eigenvalue weighted by Crippen LogP contribution is -2.01. The number of aldehydes is 1. The van der Waals surface area contributed by atoms with Gasteiger partial charge in [-0.15, -0.1) is 0 Å². The maximum Gasteiger partial charge on any atom is 0.116 e. The van der Waals surface area contributed by atoms with Crippen LogP contribution in [0.2, 0.25) is 0 Å². The van der Waals surface area contributed by atoms with Crippen molar-refractivity contribution in [1.82, 2.24) is 0 Å². The van der Waals surface area contributed by atoms with Crippen LogP contribution in [-0.2, 0) is 4.79 Å². The topological polar surface area (TPSA) is 37.3 Å². The van der Waals surface area contributed by atoms with Crippen molar-refractivity contribution in [1.29, 1.82) is 0 Å². The Bertz CT molecular complexity index is 148. The molecule has 0 radical (unpaired) electrons. The van der Waals surface area contributed by atoms with Gasteiger partial charge in [0, 0.05) is 12.5 Å². The van der Waals surface area contributed by atoms with Gasteiger partial charge in [0.25, 0.3) is 0 Å². The number of rotatable bonds is 1. The number of hydrogen-bond acceptors (Lipinski definition) is 2. The van der Waals surface area contributed by atoms with E-state index in [0.717, 1.165) is 12.7 Å². The molecular formula is C11H20O2. The average Bonchev–Trinajstić information content (AvgIpc) is 2.23. The van der Waals surface area contributed by atoms with E-state index in [0.29, 0.717) is 5.92 Å². The minimum Gasteiger partial charge on any atom is -0.396 e. The number of carbonyl (C=O) groups is 1. The predicted molar refractivity (Wildman–Crippen MR) is 56.6 cm³/mol. The van der Waals surface area contributed by atoms with E-state index in [9.17, 15) is 0 Å². The summed E-state index contributed by atoms with van der Waals surface area (Å²) in [5.74, 6) is 0.375. The molecule has 0 saturated heterocycles. The molecule has 0 aromatic carbocycles. The van der Waals surface area contributed by atoms with Gasteiger partial charge in [-0.25, -0.2) is 0 Å². The van der Waals surface area contributed by atoms with Crippen LogP contribution in [0.15, 0.2) is 24.3 Å². The minimum absolute atomic E-state index is 0.279. The van der Waals surface area contributed by atoms with E-state index >= 15 is 0 Å². The Morgan fingerprint density at radius 2 is 2.00 bits per heavy atom. The van der Waals surface area contributed by atoms with E-state index in [2.05, 4.69) is 6.08 Å². The van der Waals surface area contributed by atoms with Gasteiger partial charge in [0.1, 0.15) is 6.29 Å². The molecule has 0 saturated carbocycles. The van der Waals surface area contributed by atoms with Crippen molar-refractivity contribution in [2.24, 2.45) is 5.92 Å². The van der Waals surface area contributed by atoms with Gasteiger partial charge in [0.2, 0.25) is 0 Å². The van der Waals surface area contributed by atoms with Gasteiger partial charge >= 0.3 is 0 Å². The smallest absolute Gasteiger partial charge is 0.116 e. The molecule has 1 aliphatic carbocycles. The lowest BCUT2D eigenvalue weighted by Gasteiger charge is -2.06. The molecule has 0 aliphatic heterocycles. The summed E-state index contributed by atoms with van der Waals surface area (Å²) >= 11 is 0. The van der Waals surface area contributed by atoms with Gasteiger partial charge < -0.3 is 9.90 Å². The summed E-state index contributed by atoms with van der Waals surface area (Å²) < 4.78 is 0. The van der Waals surface area contributed by atoms with Crippen LogP contribution in [0.25, 0.3) is 0 Å². The molecule has 0 spiro atoms. The van der Waals surface area contributed by atoms with Crippen molar-refractivity contribution >= 4 is 6.29 Å². The summed E-state index contributed by atoms with van der Waals surface area (Å²) in [6, 6.07) is 0. The summed E-state index contributed by atoms with van der Waals surface area (Å²) in [6.07, 6.45) is 9.82. The van der Waals surface area contributed by atoms with Crippen LogP contribution in [-0.4, -0.2) is 18.0 Å². The van der Waals surface area contributed by atoms with E-state index in [-0.39, 0.29) is 6.61 Å². The third-order valence-corrected chi connectivity index (χ3v) is 1.30. The van der Waals surface area contributed by atoms with Crippen LogP contribution in [0, 0.1) is 5.92 Å². The molecule has 0 aromatic heterocycles. The van der Waals surface area contributed by atoms with Gasteiger partial charge in [-0.05, 0) is 13.3 Å². The van der Waals surface area contributed by atoms with Crippen molar-refractivity contribution in [2.45, 2.75) is 27.2 Å². The first kappa shape index (κ1) is 14.6. The molecule has 1 unspecified atom stereocenters. The molecule has 1 N–H and O–H groups in total. The number of aliphatic hydroxyl groups is 1. The van der Waals surface area contributed by atoms with Crippen molar-refractivity contribution in [3.8, 4) is 0 Å². The monoisotopic (exact) mass is 184 g/mol. The molecule has 0 amide bonds. The predicted octanol–water partition coefficient (Wildman–Crippen LogP) is 2.34. The second kappa shape index (κ2) is 13.7. The van der Waals surface area contributed by atoms with Crippen LogP contribution in [0.3, 0.4) is 0 Å². The fraction of sp³-hybridized carbons (Fsp3) is 0.545. The fourth-order valence-corrected chi connectivity index (χ4v) is 0.767. The maximum atomic E-state index is 8.81. The zero-order chi connectivity index (χ0) is 10.5. The van der Waals surface area contributed by atoms with Crippen molar-refractivity contribution < 1.29 is 9.90 Å². The zero-order valence-corrected chi connectivity index (χ0v) is 8.73. The van der Waals surface area contributed by atoms with Crippen LogP contribution in [0.5, 0.6) is 0 Å². The van der Waals surface area contributed by atoms with Crippen molar-refractivity contribution in [2.75, 3.05) is 6.61 Å². The summed E-state index contributed by atoms with van der Waals surface area (Å²) in [5.41, 5.74) is 0. The molecule has 0 heterocycles. The number of carbonyl (C=O) groups excluding carboxylic acids is 1. The SMILES string of the molecule is CC.CC=O.OCC1C=CC=CC1. The van der Waals surface area contributed by atoms with Crippen LogP contribution in [0.1, 0.15) is 27.2 Å². The highest BCUT2D eigenvalue weighted by molar-refractivity contribution is 5.44. The van der Waals surface area contributed by atoms with Gasteiger partial charge in [-0.2, -0.15) is 0 Å². The standard InChI is InChI=1S/C7H10O.C2H4O.C2H6/c8-6-7-4-2-1-3-5-7;1-2-3;1-2/h1-4,7-8H,5-6H2;2H,1H3;1-2H3. The van der Waals surface area contributed by atoms with Crippen LogP contribution in [0.4, 0.5) is 0 Å². The Kier molecular flexibility index (Phi) is 15.4. The van der Waals surface area contributed by atoms with E-state index in [1.807, 2.05) is 32.1 Å². The molecule has 0 bridgehead atoms. The van der Waals surface area contributed by atoms with E-state index in [1.54, 1.807) is 0 Å². The van der Waals surface area contributed by atoms with Gasteiger partial charge in [0.05, 0.1) is 0 Å². The van der Waals surface area contributed by atoms with Gasteiger partial charge in [-0.3, -0.25) is 0 Å². The lowest BCUT2D eigenvalue weighted by molar-refractivity contribution is -0.106. The third kappa shape index (κ3) is 11.1. The first-order valence-corrected chi connectivity index (χ1v) is 4.69. The molecule has 0 aromatic rings. The quantitative estimate of drug-likeness (QED) is 0.635. The summed E-state index contributed by atoms with van der Waals surface area (Å²) in [5, 5.41) is 8.61. The Morgan fingerprint density at radius 3 is 2.23 bits per heavy atom. The second-order valence-corrected chi connectivity index (χ2v) is 2.23. The molecule has 1 atom stereocenters. The Balaban J connectivity index is 0. The Labute approximate surface area is 81.0 Å². The normalized spacial score (nSPS) is 17.7. The highest BCUT2D eigenvalue weighted by atomic mass is 16.3. The molecule has 2 nitrogen and oxygen atoms in total. The van der Waals surface area contributed by atoms with Crippen LogP contribution < -0.4 is 0 Å². The number of aliphatic hydroxyl groups excluding tert-OH is 1. The summed E-state index contributed by atoms with van der Waals surface area (Å²) in [6.45, 7) is 5.72. The minimum atomic E-state index is 0.279. The summed E-state index contributed by atoms with van der Waals surface area (Å²) in [4.78, 5) is 8.81.